The van der Waals surface area contributed by atoms with Gasteiger partial charge in [0.15, 0.2) is 0 Å². The Morgan fingerprint density at radius 1 is 1.25 bits per heavy atom. The third-order valence-corrected chi connectivity index (χ3v) is 8.24. The third kappa shape index (κ3) is 4.49. The van der Waals surface area contributed by atoms with Gasteiger partial charge in [-0.25, -0.2) is 4.98 Å². The summed E-state index contributed by atoms with van der Waals surface area (Å²) in [6.45, 7) is 3.17. The monoisotopic (exact) mass is 469 g/mol. The Hall–Kier alpha value is -2.16. The zero-order valence-corrected chi connectivity index (χ0v) is 19.8. The molecular weight excluding hydrogens is 442 g/mol. The van der Waals surface area contributed by atoms with Crippen LogP contribution in [-0.2, 0) is 28.1 Å². The van der Waals surface area contributed by atoms with Gasteiger partial charge in [0.25, 0.3) is 5.56 Å². The van der Waals surface area contributed by atoms with Gasteiger partial charge in [-0.1, -0.05) is 30.3 Å². The van der Waals surface area contributed by atoms with E-state index in [1.165, 1.54) is 28.6 Å². The molecule has 1 N–H and O–H groups in total. The fraction of sp³-hybridized carbons (Fsp3) is 0.458. The Balaban J connectivity index is 1.22. The first-order valence-corrected chi connectivity index (χ1v) is 13.1. The third-order valence-electron chi connectivity index (χ3n) is 6.12. The van der Waals surface area contributed by atoms with Crippen molar-refractivity contribution < 1.29 is 9.53 Å². The minimum absolute atomic E-state index is 0.00630. The van der Waals surface area contributed by atoms with Gasteiger partial charge in [-0.05, 0) is 43.7 Å². The number of nitrogens with one attached hydrogen (secondary N) is 1. The summed E-state index contributed by atoms with van der Waals surface area (Å²) >= 11 is 3.16. The molecule has 32 heavy (non-hydrogen) atoms. The number of aromatic amines is 1. The van der Waals surface area contributed by atoms with Crippen molar-refractivity contribution >= 4 is 39.2 Å². The number of amides is 1. The Labute approximate surface area is 195 Å². The van der Waals surface area contributed by atoms with Gasteiger partial charge >= 0.3 is 0 Å². The lowest BCUT2D eigenvalue weighted by Gasteiger charge is -2.37. The average molecular weight is 470 g/mol. The summed E-state index contributed by atoms with van der Waals surface area (Å²) in [6, 6.07) is 10.1. The highest BCUT2D eigenvalue weighted by atomic mass is 32.2. The smallest absolute Gasteiger partial charge is 0.259 e. The molecule has 2 aliphatic rings. The number of aromatic nitrogens is 2. The molecule has 5 rings (SSSR count). The molecule has 6 nitrogen and oxygen atoms in total. The highest BCUT2D eigenvalue weighted by Gasteiger charge is 2.29. The predicted octanol–water partition coefficient (Wildman–Crippen LogP) is 4.09. The molecule has 0 bridgehead atoms. The number of hydrogen-bond donors (Lipinski definition) is 1. The Bertz CT molecular complexity index is 1170. The lowest BCUT2D eigenvalue weighted by molar-refractivity contribution is -0.142. The molecule has 2 aromatic heterocycles. The largest absolute Gasteiger partial charge is 0.367 e. The minimum Gasteiger partial charge on any atom is -0.367 e. The maximum absolute atomic E-state index is 12.9. The van der Waals surface area contributed by atoms with Crippen molar-refractivity contribution in [3.05, 3.63) is 62.5 Å². The average Bonchev–Trinajstić information content (AvgIpc) is 3.18. The maximum atomic E-state index is 12.9. The number of rotatable bonds is 5. The molecule has 1 amide bonds. The summed E-state index contributed by atoms with van der Waals surface area (Å²) in [7, 11) is 0. The van der Waals surface area contributed by atoms with Gasteiger partial charge in [-0.15, -0.1) is 23.1 Å². The van der Waals surface area contributed by atoms with E-state index in [0.29, 0.717) is 30.4 Å². The summed E-state index contributed by atoms with van der Waals surface area (Å²) in [5.41, 5.74) is 2.26. The van der Waals surface area contributed by atoms with Crippen LogP contribution < -0.4 is 5.56 Å². The zero-order valence-electron chi connectivity index (χ0n) is 18.1. The minimum atomic E-state index is -0.0980. The zero-order chi connectivity index (χ0) is 22.1. The van der Waals surface area contributed by atoms with Crippen molar-refractivity contribution in [3.63, 3.8) is 0 Å². The van der Waals surface area contributed by atoms with Crippen molar-refractivity contribution in [2.24, 2.45) is 0 Å². The van der Waals surface area contributed by atoms with Crippen molar-refractivity contribution in [1.82, 2.24) is 14.9 Å². The number of carbonyl (C=O) groups excluding carboxylic acids is 1. The van der Waals surface area contributed by atoms with Crippen LogP contribution in [0.1, 0.15) is 47.7 Å². The van der Waals surface area contributed by atoms with Crippen molar-refractivity contribution in [2.45, 2.75) is 50.6 Å². The predicted molar refractivity (Wildman–Crippen MR) is 129 cm³/mol. The number of thioether (sulfide) groups is 1. The summed E-state index contributed by atoms with van der Waals surface area (Å²) in [6.07, 6.45) is 4.25. The van der Waals surface area contributed by atoms with Crippen molar-refractivity contribution in [2.75, 3.05) is 18.8 Å². The number of fused-ring (bicyclic) bond motifs is 3. The second kappa shape index (κ2) is 9.37. The van der Waals surface area contributed by atoms with Gasteiger partial charge < -0.3 is 14.6 Å². The number of thiophene rings is 1. The van der Waals surface area contributed by atoms with E-state index in [0.717, 1.165) is 35.0 Å². The second-order valence-electron chi connectivity index (χ2n) is 8.54. The first-order chi connectivity index (χ1) is 15.6. The molecule has 1 aliphatic heterocycles. The van der Waals surface area contributed by atoms with Crippen LogP contribution in [0, 0.1) is 0 Å². The highest BCUT2D eigenvalue weighted by molar-refractivity contribution is 7.99. The molecule has 0 saturated carbocycles. The van der Waals surface area contributed by atoms with Gasteiger partial charge in [0.1, 0.15) is 16.8 Å². The van der Waals surface area contributed by atoms with Crippen LogP contribution in [0.5, 0.6) is 0 Å². The topological polar surface area (TPSA) is 75.3 Å². The summed E-state index contributed by atoms with van der Waals surface area (Å²) in [5.74, 6) is 1.62. The first-order valence-electron chi connectivity index (χ1n) is 11.2. The highest BCUT2D eigenvalue weighted by Crippen LogP contribution is 2.33. The number of H-pyrrole nitrogens is 1. The molecule has 1 fully saturated rings. The number of nitrogens with zero attached hydrogens (tertiary/aromatic N) is 2. The van der Waals surface area contributed by atoms with Crippen molar-refractivity contribution in [1.29, 1.82) is 0 Å². The molecule has 3 aromatic rings. The Kier molecular flexibility index (Phi) is 6.35. The quantitative estimate of drug-likeness (QED) is 0.609. The number of morpholine rings is 1. The number of carbonyl (C=O) groups is 1. The van der Waals surface area contributed by atoms with E-state index in [-0.39, 0.29) is 23.7 Å². The number of aryl methyl sites for hydroxylation is 2. The van der Waals surface area contributed by atoms with E-state index < -0.39 is 0 Å². The molecule has 1 saturated heterocycles. The fourth-order valence-electron chi connectivity index (χ4n) is 4.61. The van der Waals surface area contributed by atoms with Crippen LogP contribution in [0.25, 0.3) is 10.2 Å². The maximum Gasteiger partial charge on any atom is 0.259 e. The molecule has 2 atom stereocenters. The molecule has 1 aromatic carbocycles. The van der Waals surface area contributed by atoms with Crippen LogP contribution in [0.2, 0.25) is 0 Å². The summed E-state index contributed by atoms with van der Waals surface area (Å²) < 4.78 is 6.07. The fourth-order valence-corrected chi connectivity index (χ4v) is 6.68. The van der Waals surface area contributed by atoms with Crippen LogP contribution >= 0.6 is 23.1 Å². The second-order valence-corrected chi connectivity index (χ2v) is 10.6. The van der Waals surface area contributed by atoms with Crippen LogP contribution in [0.15, 0.2) is 35.1 Å². The lowest BCUT2D eigenvalue weighted by atomic mass is 9.97. The number of ether oxygens (including phenoxy) is 1. The van der Waals surface area contributed by atoms with Gasteiger partial charge in [0, 0.05) is 11.4 Å². The van der Waals surface area contributed by atoms with Crippen molar-refractivity contribution in [3.8, 4) is 0 Å². The molecule has 1 aliphatic carbocycles. The SMILES string of the molecule is CC1CN(C(=O)CSCc2nc3sc4c(c3c(=O)[nH]2)CCCC4)CC(c2ccccc2)O1. The molecule has 0 radical (unpaired) electrons. The van der Waals surface area contributed by atoms with Gasteiger partial charge in [0.05, 0.1) is 29.5 Å². The van der Waals surface area contributed by atoms with E-state index in [1.807, 2.05) is 42.2 Å². The van der Waals surface area contributed by atoms with E-state index in [4.69, 9.17) is 9.72 Å². The van der Waals surface area contributed by atoms with Gasteiger partial charge in [-0.3, -0.25) is 9.59 Å². The van der Waals surface area contributed by atoms with Gasteiger partial charge in [0.2, 0.25) is 5.91 Å². The van der Waals surface area contributed by atoms with Crippen LogP contribution in [0.4, 0.5) is 0 Å². The molecule has 2 unspecified atom stereocenters. The Morgan fingerprint density at radius 2 is 2.06 bits per heavy atom. The number of hydrogen-bond acceptors (Lipinski definition) is 6. The summed E-state index contributed by atoms with van der Waals surface area (Å²) in [5, 5.41) is 0.781. The summed E-state index contributed by atoms with van der Waals surface area (Å²) in [4.78, 5) is 37.3. The van der Waals surface area contributed by atoms with E-state index in [9.17, 15) is 9.59 Å². The number of benzene rings is 1. The van der Waals surface area contributed by atoms with Crippen LogP contribution in [-0.4, -0.2) is 45.7 Å². The van der Waals surface area contributed by atoms with E-state index >= 15 is 0 Å². The Morgan fingerprint density at radius 3 is 2.91 bits per heavy atom. The van der Waals surface area contributed by atoms with E-state index in [1.54, 1.807) is 11.3 Å². The van der Waals surface area contributed by atoms with Crippen LogP contribution in [0.3, 0.4) is 0 Å². The molecular formula is C24H27N3O3S2. The standard InChI is InChI=1S/C24H27N3O3S2/c1-15-11-27(12-18(30-15)16-7-3-2-4-8-16)21(28)14-31-13-20-25-23(29)22-17-9-5-6-10-19(17)32-24(22)26-20/h2-4,7-8,15,18H,5-6,9-14H2,1H3,(H,25,26,29). The van der Waals surface area contributed by atoms with Gasteiger partial charge in [-0.2, -0.15) is 0 Å². The first kappa shape index (κ1) is 21.7. The molecule has 8 heteroatoms. The molecule has 168 valence electrons. The molecule has 0 spiro atoms. The normalized spacial score (nSPS) is 21.0. The van der Waals surface area contributed by atoms with E-state index in [2.05, 4.69) is 4.98 Å². The molecule has 3 heterocycles. The lowest BCUT2D eigenvalue weighted by Crippen LogP contribution is -2.46.